The van der Waals surface area contributed by atoms with Gasteiger partial charge in [0.05, 0.1) is 5.92 Å². The third-order valence-electron chi connectivity index (χ3n) is 6.41. The van der Waals surface area contributed by atoms with Gasteiger partial charge in [-0.3, -0.25) is 4.79 Å². The lowest BCUT2D eigenvalue weighted by atomic mass is 9.97. The average Bonchev–Trinajstić information content (AvgIpc) is 2.93. The molecule has 37 heavy (non-hydrogen) atoms. The van der Waals surface area contributed by atoms with Gasteiger partial charge in [-0.15, -0.1) is 0 Å². The van der Waals surface area contributed by atoms with Gasteiger partial charge in [0.15, 0.2) is 0 Å². The Labute approximate surface area is 217 Å². The van der Waals surface area contributed by atoms with Crippen molar-refractivity contribution in [3.8, 4) is 11.5 Å². The van der Waals surface area contributed by atoms with E-state index in [4.69, 9.17) is 9.72 Å². The van der Waals surface area contributed by atoms with Crippen molar-refractivity contribution in [1.29, 1.82) is 0 Å². The Morgan fingerprint density at radius 3 is 2.65 bits per heavy atom. The van der Waals surface area contributed by atoms with Gasteiger partial charge < -0.3 is 20.3 Å². The predicted molar refractivity (Wildman–Crippen MR) is 146 cm³/mol. The molecule has 1 amide bonds. The fourth-order valence-electron chi connectivity index (χ4n) is 4.42. The van der Waals surface area contributed by atoms with Crippen molar-refractivity contribution in [2.75, 3.05) is 23.3 Å². The van der Waals surface area contributed by atoms with Crippen molar-refractivity contribution in [3.05, 3.63) is 102 Å². The van der Waals surface area contributed by atoms with E-state index in [0.29, 0.717) is 19.0 Å². The minimum Gasteiger partial charge on any atom is -0.457 e. The van der Waals surface area contributed by atoms with E-state index in [9.17, 15) is 4.79 Å². The number of piperidine rings is 1. The molecule has 5 rings (SSSR count). The first kappa shape index (κ1) is 24.3. The van der Waals surface area contributed by atoms with Crippen LogP contribution in [0.2, 0.25) is 0 Å². The lowest BCUT2D eigenvalue weighted by Crippen LogP contribution is -2.43. The molecule has 2 heterocycles. The summed E-state index contributed by atoms with van der Waals surface area (Å²) in [5.41, 5.74) is 3.15. The number of anilines is 3. The number of rotatable bonds is 8. The Morgan fingerprint density at radius 2 is 1.81 bits per heavy atom. The van der Waals surface area contributed by atoms with E-state index in [1.54, 1.807) is 6.20 Å². The first-order valence-electron chi connectivity index (χ1n) is 12.6. The van der Waals surface area contributed by atoms with Gasteiger partial charge in [-0.25, -0.2) is 4.98 Å². The van der Waals surface area contributed by atoms with Crippen molar-refractivity contribution in [3.63, 3.8) is 0 Å². The van der Waals surface area contributed by atoms with Crippen LogP contribution in [-0.4, -0.2) is 29.0 Å². The number of nitrogens with one attached hydrogen (secondary N) is 2. The average molecular weight is 494 g/mol. The summed E-state index contributed by atoms with van der Waals surface area (Å²) in [6, 6.07) is 27.5. The fourth-order valence-corrected chi connectivity index (χ4v) is 4.42. The number of aryl methyl sites for hydroxylation is 1. The summed E-state index contributed by atoms with van der Waals surface area (Å²) >= 11 is 0. The summed E-state index contributed by atoms with van der Waals surface area (Å²) in [5, 5.41) is 6.38. The Morgan fingerprint density at radius 1 is 1.00 bits per heavy atom. The third kappa shape index (κ3) is 6.64. The molecule has 3 aromatic carbocycles. The van der Waals surface area contributed by atoms with Crippen LogP contribution in [-0.2, 0) is 11.3 Å². The van der Waals surface area contributed by atoms with Gasteiger partial charge >= 0.3 is 0 Å². The van der Waals surface area contributed by atoms with Gasteiger partial charge in [-0.05, 0) is 55.7 Å². The van der Waals surface area contributed by atoms with Gasteiger partial charge in [0, 0.05) is 37.6 Å². The van der Waals surface area contributed by atoms with Crippen molar-refractivity contribution >= 4 is 23.4 Å². The predicted octanol–water partition coefficient (Wildman–Crippen LogP) is 5.85. The maximum atomic E-state index is 12.9. The number of nitrogens with zero attached hydrogens (tertiary/aromatic N) is 3. The molecular formula is C30H31N5O2. The number of hydrogen-bond acceptors (Lipinski definition) is 6. The SMILES string of the molecule is Cc1ccc(CNC(=O)C2CCCN(c3ccnc(Nc4cccc(Oc5ccccc5)c4)n3)C2)cc1. The molecule has 0 saturated carbocycles. The van der Waals surface area contributed by atoms with E-state index < -0.39 is 0 Å². The number of para-hydroxylation sites is 1. The van der Waals surface area contributed by atoms with Crippen LogP contribution in [0.15, 0.2) is 91.1 Å². The lowest BCUT2D eigenvalue weighted by Gasteiger charge is -2.33. The quantitative estimate of drug-likeness (QED) is 0.320. The van der Waals surface area contributed by atoms with E-state index in [0.717, 1.165) is 48.0 Å². The molecular weight excluding hydrogens is 462 g/mol. The molecule has 0 bridgehead atoms. The van der Waals surface area contributed by atoms with Gasteiger partial charge in [0.1, 0.15) is 17.3 Å². The standard InChI is InChI=1S/C30H31N5O2/c1-22-12-14-23(15-13-22)20-32-29(36)24-7-6-18-35(21-24)28-16-17-31-30(34-28)33-25-8-5-11-27(19-25)37-26-9-3-2-4-10-26/h2-5,8-17,19,24H,6-7,18,20-21H2,1H3,(H,32,36)(H,31,33,34). The zero-order chi connectivity index (χ0) is 25.5. The molecule has 1 fully saturated rings. The minimum absolute atomic E-state index is 0.0719. The number of benzene rings is 3. The zero-order valence-electron chi connectivity index (χ0n) is 20.9. The highest BCUT2D eigenvalue weighted by atomic mass is 16.5. The molecule has 1 aliphatic heterocycles. The van der Waals surface area contributed by atoms with E-state index in [2.05, 4.69) is 51.7 Å². The molecule has 7 heteroatoms. The van der Waals surface area contributed by atoms with Gasteiger partial charge in [0.2, 0.25) is 11.9 Å². The van der Waals surface area contributed by atoms with Crippen LogP contribution in [0.4, 0.5) is 17.5 Å². The van der Waals surface area contributed by atoms with Crippen LogP contribution in [0.5, 0.6) is 11.5 Å². The number of hydrogen-bond donors (Lipinski definition) is 2. The Bertz CT molecular complexity index is 1330. The summed E-state index contributed by atoms with van der Waals surface area (Å²) in [6.07, 6.45) is 3.56. The summed E-state index contributed by atoms with van der Waals surface area (Å²) < 4.78 is 5.94. The van der Waals surface area contributed by atoms with Crippen molar-refractivity contribution in [2.24, 2.45) is 5.92 Å². The number of amides is 1. The van der Waals surface area contributed by atoms with Crippen LogP contribution >= 0.6 is 0 Å². The first-order valence-corrected chi connectivity index (χ1v) is 12.6. The van der Waals surface area contributed by atoms with E-state index in [1.165, 1.54) is 5.56 Å². The van der Waals surface area contributed by atoms with Gasteiger partial charge in [0.25, 0.3) is 0 Å². The highest BCUT2D eigenvalue weighted by Gasteiger charge is 2.26. The maximum Gasteiger partial charge on any atom is 0.229 e. The van der Waals surface area contributed by atoms with Crippen LogP contribution in [0.3, 0.4) is 0 Å². The van der Waals surface area contributed by atoms with Gasteiger partial charge in [-0.2, -0.15) is 4.98 Å². The number of carbonyl (C=O) groups is 1. The summed E-state index contributed by atoms with van der Waals surface area (Å²) in [7, 11) is 0. The molecule has 1 aromatic heterocycles. The molecule has 188 valence electrons. The second-order valence-corrected chi connectivity index (χ2v) is 9.29. The summed E-state index contributed by atoms with van der Waals surface area (Å²) in [6.45, 7) is 4.10. The molecule has 1 aliphatic rings. The molecule has 0 spiro atoms. The molecule has 4 aromatic rings. The van der Waals surface area contributed by atoms with E-state index in [1.807, 2.05) is 60.7 Å². The Hall–Kier alpha value is -4.39. The van der Waals surface area contributed by atoms with E-state index in [-0.39, 0.29) is 11.8 Å². The van der Waals surface area contributed by atoms with Crippen LogP contribution in [0, 0.1) is 12.8 Å². The molecule has 1 atom stereocenters. The topological polar surface area (TPSA) is 79.4 Å². The fraction of sp³-hybridized carbons (Fsp3) is 0.233. The highest BCUT2D eigenvalue weighted by molar-refractivity contribution is 5.79. The van der Waals surface area contributed by atoms with Crippen LogP contribution in [0.25, 0.3) is 0 Å². The first-order chi connectivity index (χ1) is 18.1. The lowest BCUT2D eigenvalue weighted by molar-refractivity contribution is -0.125. The number of carbonyl (C=O) groups excluding carboxylic acids is 1. The van der Waals surface area contributed by atoms with E-state index >= 15 is 0 Å². The minimum atomic E-state index is -0.0719. The second-order valence-electron chi connectivity index (χ2n) is 9.29. The largest absolute Gasteiger partial charge is 0.457 e. The monoisotopic (exact) mass is 493 g/mol. The maximum absolute atomic E-state index is 12.9. The normalized spacial score (nSPS) is 15.2. The van der Waals surface area contributed by atoms with Crippen molar-refractivity contribution in [1.82, 2.24) is 15.3 Å². The highest BCUT2D eigenvalue weighted by Crippen LogP contribution is 2.26. The Balaban J connectivity index is 1.20. The van der Waals surface area contributed by atoms with Gasteiger partial charge in [-0.1, -0.05) is 54.1 Å². The summed E-state index contributed by atoms with van der Waals surface area (Å²) in [5.74, 6) is 2.83. The molecule has 0 aliphatic carbocycles. The Kier molecular flexibility index (Phi) is 7.60. The van der Waals surface area contributed by atoms with Crippen LogP contribution in [0.1, 0.15) is 24.0 Å². The summed E-state index contributed by atoms with van der Waals surface area (Å²) in [4.78, 5) is 24.2. The number of ether oxygens (including phenoxy) is 1. The zero-order valence-corrected chi connectivity index (χ0v) is 20.9. The molecule has 0 radical (unpaired) electrons. The molecule has 1 saturated heterocycles. The van der Waals surface area contributed by atoms with Crippen molar-refractivity contribution < 1.29 is 9.53 Å². The van der Waals surface area contributed by atoms with Crippen LogP contribution < -0.4 is 20.3 Å². The van der Waals surface area contributed by atoms with Crippen molar-refractivity contribution in [2.45, 2.75) is 26.3 Å². The molecule has 7 nitrogen and oxygen atoms in total. The number of aromatic nitrogens is 2. The molecule has 2 N–H and O–H groups in total. The smallest absolute Gasteiger partial charge is 0.229 e. The molecule has 1 unspecified atom stereocenters. The second kappa shape index (κ2) is 11.6. The third-order valence-corrected chi connectivity index (χ3v) is 6.41.